The summed E-state index contributed by atoms with van der Waals surface area (Å²) in [6, 6.07) is 10.5. The van der Waals surface area contributed by atoms with E-state index in [1.807, 2.05) is 51.1 Å². The molecular formula is C40H49F2N7O6. The fourth-order valence-corrected chi connectivity index (χ4v) is 7.17. The van der Waals surface area contributed by atoms with Gasteiger partial charge in [-0.25, -0.2) is 13.8 Å². The van der Waals surface area contributed by atoms with Gasteiger partial charge in [-0.1, -0.05) is 51.1 Å². The van der Waals surface area contributed by atoms with E-state index in [0.717, 1.165) is 28.7 Å². The molecule has 0 unspecified atom stereocenters. The molecule has 5 N–H and O–H groups in total. The van der Waals surface area contributed by atoms with Crippen LogP contribution in [0.5, 0.6) is 0 Å². The Morgan fingerprint density at radius 3 is 2.44 bits per heavy atom. The van der Waals surface area contributed by atoms with Crippen LogP contribution in [-0.4, -0.2) is 92.3 Å². The van der Waals surface area contributed by atoms with Crippen LogP contribution < -0.4 is 16.4 Å². The summed E-state index contributed by atoms with van der Waals surface area (Å²) in [5.41, 5.74) is 6.70. The van der Waals surface area contributed by atoms with Gasteiger partial charge in [0.1, 0.15) is 24.1 Å². The second-order valence-electron chi connectivity index (χ2n) is 15.2. The first-order valence-electron chi connectivity index (χ1n) is 18.5. The second-order valence-corrected chi connectivity index (χ2v) is 15.2. The van der Waals surface area contributed by atoms with Gasteiger partial charge in [-0.2, -0.15) is 0 Å². The number of carbonyl (C=O) groups excluding carboxylic acids is 5. The molecule has 15 heteroatoms. The molecule has 0 spiro atoms. The number of rotatable bonds is 16. The van der Waals surface area contributed by atoms with Gasteiger partial charge in [0.05, 0.1) is 17.8 Å². The van der Waals surface area contributed by atoms with Crippen molar-refractivity contribution < 1.29 is 37.9 Å². The highest BCUT2D eigenvalue weighted by Crippen LogP contribution is 2.39. The van der Waals surface area contributed by atoms with Crippen LogP contribution in [0, 0.1) is 23.0 Å². The van der Waals surface area contributed by atoms with Crippen molar-refractivity contribution in [1.29, 1.82) is 0 Å². The number of aliphatic hydroxyl groups excluding tert-OH is 1. The summed E-state index contributed by atoms with van der Waals surface area (Å²) in [5, 5.41) is 15.9. The Labute approximate surface area is 318 Å². The van der Waals surface area contributed by atoms with Crippen molar-refractivity contribution in [2.24, 2.45) is 17.1 Å². The molecule has 1 saturated carbocycles. The monoisotopic (exact) mass is 761 g/mol. The average Bonchev–Trinajstić information content (AvgIpc) is 3.87. The zero-order valence-electron chi connectivity index (χ0n) is 31.3. The molecule has 1 aliphatic carbocycles. The van der Waals surface area contributed by atoms with Gasteiger partial charge in [0, 0.05) is 62.1 Å². The van der Waals surface area contributed by atoms with Gasteiger partial charge >= 0.3 is 0 Å². The molecule has 55 heavy (non-hydrogen) atoms. The standard InChI is InChI=1S/C40H49F2N7O6/c1-40(2,3)36(37-46-32(29-21-27(41)11-13-30(29)42)23-47(37)22-25-8-5-4-6-9-25)49(35(53)24-50)19-16-31(43)39(55)45-28-12-10-26(20-28)38(54)44-17-7-18-48-33(51)14-15-34(48)52/h4-6,8-9,11,13-15,21,23,26,28,31,36,50H,7,10,12,16-20,22,24,43H2,1-3H3,(H,44,54)(H,45,55)/t26-,28-,31-,36-/m0/s1. The summed E-state index contributed by atoms with van der Waals surface area (Å²) in [4.78, 5) is 70.3. The summed E-state index contributed by atoms with van der Waals surface area (Å²) in [6.45, 7) is 5.63. The number of benzene rings is 2. The summed E-state index contributed by atoms with van der Waals surface area (Å²) in [6.07, 6.45) is 6.04. The van der Waals surface area contributed by atoms with Crippen molar-refractivity contribution in [1.82, 2.24) is 30.0 Å². The van der Waals surface area contributed by atoms with Crippen molar-refractivity contribution in [3.05, 3.63) is 89.9 Å². The number of aromatic nitrogens is 2. The lowest BCUT2D eigenvalue weighted by Gasteiger charge is -2.40. The molecule has 13 nitrogen and oxygen atoms in total. The topological polar surface area (TPSA) is 180 Å². The predicted octanol–water partition coefficient (Wildman–Crippen LogP) is 3.22. The Balaban J connectivity index is 1.25. The van der Waals surface area contributed by atoms with Gasteiger partial charge in [-0.05, 0) is 61.3 Å². The fourth-order valence-electron chi connectivity index (χ4n) is 7.17. The van der Waals surface area contributed by atoms with Crippen LogP contribution >= 0.6 is 0 Å². The third-order valence-electron chi connectivity index (χ3n) is 9.97. The van der Waals surface area contributed by atoms with Crippen LogP contribution in [0.2, 0.25) is 0 Å². The predicted molar refractivity (Wildman–Crippen MR) is 199 cm³/mol. The maximum Gasteiger partial charge on any atom is 0.253 e. The average molecular weight is 762 g/mol. The maximum atomic E-state index is 15.0. The lowest BCUT2D eigenvalue weighted by molar-refractivity contribution is -0.140. The van der Waals surface area contributed by atoms with E-state index in [1.54, 1.807) is 10.8 Å². The molecule has 5 rings (SSSR count). The van der Waals surface area contributed by atoms with Crippen LogP contribution in [0.3, 0.4) is 0 Å². The maximum absolute atomic E-state index is 15.0. The molecule has 294 valence electrons. The smallest absolute Gasteiger partial charge is 0.253 e. The van der Waals surface area contributed by atoms with E-state index in [2.05, 4.69) is 10.6 Å². The molecule has 0 saturated heterocycles. The molecule has 1 aromatic heterocycles. The Bertz CT molecular complexity index is 1890. The molecule has 4 atom stereocenters. The number of nitrogens with one attached hydrogen (secondary N) is 2. The quantitative estimate of drug-likeness (QED) is 0.127. The highest BCUT2D eigenvalue weighted by Gasteiger charge is 2.39. The highest BCUT2D eigenvalue weighted by molar-refractivity contribution is 6.12. The van der Waals surface area contributed by atoms with Crippen molar-refractivity contribution in [3.8, 4) is 11.3 Å². The number of carbonyl (C=O) groups is 5. The van der Waals surface area contributed by atoms with E-state index < -0.39 is 47.6 Å². The van der Waals surface area contributed by atoms with Crippen LogP contribution in [0.25, 0.3) is 11.3 Å². The Morgan fingerprint density at radius 2 is 1.76 bits per heavy atom. The first-order chi connectivity index (χ1) is 26.2. The van der Waals surface area contributed by atoms with E-state index in [-0.39, 0.29) is 60.4 Å². The fraction of sp³-hybridized carbons (Fsp3) is 0.450. The molecular weight excluding hydrogens is 712 g/mol. The molecule has 5 amide bonds. The Kier molecular flexibility index (Phi) is 13.3. The number of aliphatic hydroxyl groups is 1. The molecule has 0 radical (unpaired) electrons. The van der Waals surface area contributed by atoms with Gasteiger partial charge in [-0.15, -0.1) is 0 Å². The van der Waals surface area contributed by atoms with Gasteiger partial charge in [0.15, 0.2) is 0 Å². The van der Waals surface area contributed by atoms with Crippen LogP contribution in [0.15, 0.2) is 66.9 Å². The van der Waals surface area contributed by atoms with Gasteiger partial charge in [0.25, 0.3) is 11.8 Å². The number of nitrogens with two attached hydrogens (primary N) is 1. The normalized spacial score (nSPS) is 18.1. The molecule has 2 aliphatic rings. The van der Waals surface area contributed by atoms with E-state index in [0.29, 0.717) is 44.6 Å². The van der Waals surface area contributed by atoms with Crippen LogP contribution in [-0.2, 0) is 30.5 Å². The highest BCUT2D eigenvalue weighted by atomic mass is 19.1. The number of nitrogens with zero attached hydrogens (tertiary/aromatic N) is 4. The van der Waals surface area contributed by atoms with Crippen molar-refractivity contribution >= 4 is 29.5 Å². The first kappa shape index (κ1) is 40.9. The molecule has 3 aromatic rings. The number of imidazole rings is 1. The largest absolute Gasteiger partial charge is 0.387 e. The minimum absolute atomic E-state index is 0.0296. The third-order valence-corrected chi connectivity index (χ3v) is 9.97. The van der Waals surface area contributed by atoms with Crippen LogP contribution in [0.4, 0.5) is 8.78 Å². The van der Waals surface area contributed by atoms with Crippen molar-refractivity contribution in [2.45, 2.75) is 77.5 Å². The van der Waals surface area contributed by atoms with Gasteiger partial charge < -0.3 is 30.9 Å². The number of halogens is 2. The van der Waals surface area contributed by atoms with Crippen LogP contribution in [0.1, 0.15) is 70.3 Å². The van der Waals surface area contributed by atoms with Gasteiger partial charge in [0.2, 0.25) is 17.7 Å². The van der Waals surface area contributed by atoms with E-state index in [9.17, 15) is 33.5 Å². The lowest BCUT2D eigenvalue weighted by Crippen LogP contribution is -2.49. The zero-order chi connectivity index (χ0) is 39.9. The molecule has 2 heterocycles. The second kappa shape index (κ2) is 17.9. The van der Waals surface area contributed by atoms with Gasteiger partial charge in [-0.3, -0.25) is 28.9 Å². The van der Waals surface area contributed by atoms with Crippen molar-refractivity contribution in [3.63, 3.8) is 0 Å². The number of amides is 5. The van der Waals surface area contributed by atoms with E-state index in [1.165, 1.54) is 17.1 Å². The zero-order valence-corrected chi connectivity index (χ0v) is 31.3. The minimum atomic E-state index is -1.03. The SMILES string of the molecule is CC(C)(C)[C@H](c1nc(-c2cc(F)ccc2F)cn1Cc1ccccc1)N(CC[C@H](N)C(=O)N[C@H]1CC[C@H](C(=O)NCCCN2C(=O)C=CC2=O)C1)C(=O)CO. The summed E-state index contributed by atoms with van der Waals surface area (Å²) >= 11 is 0. The summed E-state index contributed by atoms with van der Waals surface area (Å²) < 4.78 is 31.1. The number of hydrogen-bond acceptors (Lipinski definition) is 8. The first-order valence-corrected chi connectivity index (χ1v) is 18.5. The Morgan fingerprint density at radius 1 is 1.05 bits per heavy atom. The number of imide groups is 1. The number of hydrogen-bond donors (Lipinski definition) is 4. The third kappa shape index (κ3) is 10.3. The minimum Gasteiger partial charge on any atom is -0.387 e. The molecule has 2 aromatic carbocycles. The van der Waals surface area contributed by atoms with E-state index in [4.69, 9.17) is 10.7 Å². The molecule has 1 fully saturated rings. The molecule has 1 aliphatic heterocycles. The lowest BCUT2D eigenvalue weighted by atomic mass is 9.84. The van der Waals surface area contributed by atoms with E-state index >= 15 is 4.39 Å². The molecule has 0 bridgehead atoms. The summed E-state index contributed by atoms with van der Waals surface area (Å²) in [7, 11) is 0. The van der Waals surface area contributed by atoms with Crippen molar-refractivity contribution in [2.75, 3.05) is 26.2 Å². The Hall–Kier alpha value is -5.28. The summed E-state index contributed by atoms with van der Waals surface area (Å²) in [5.74, 6) is -3.23.